The molecule has 1 fully saturated rings. The van der Waals surface area contributed by atoms with Gasteiger partial charge in [-0.25, -0.2) is 19.8 Å². The van der Waals surface area contributed by atoms with Crippen molar-refractivity contribution >= 4 is 17.2 Å². The van der Waals surface area contributed by atoms with E-state index < -0.39 is 0 Å². The first kappa shape index (κ1) is 20.9. The van der Waals surface area contributed by atoms with Crippen molar-refractivity contribution in [2.75, 3.05) is 12.1 Å². The van der Waals surface area contributed by atoms with Crippen LogP contribution in [0.1, 0.15) is 51.0 Å². The number of aromatic nitrogens is 4. The Morgan fingerprint density at radius 2 is 2.13 bits per heavy atom. The largest absolute Gasteiger partial charge is 0.493 e. The van der Waals surface area contributed by atoms with E-state index in [4.69, 9.17) is 9.57 Å². The molecule has 0 unspecified atom stereocenters. The van der Waals surface area contributed by atoms with E-state index in [9.17, 15) is 9.59 Å². The van der Waals surface area contributed by atoms with Crippen molar-refractivity contribution < 1.29 is 14.4 Å². The number of nitrogens with one attached hydrogen (secondary N) is 2. The van der Waals surface area contributed by atoms with Crippen molar-refractivity contribution in [2.45, 2.75) is 52.9 Å². The lowest BCUT2D eigenvalue weighted by molar-refractivity contribution is -0.148. The maximum atomic E-state index is 12.8. The number of benzene rings is 1. The van der Waals surface area contributed by atoms with E-state index in [1.807, 2.05) is 6.92 Å². The third-order valence-corrected chi connectivity index (χ3v) is 5.46. The molecule has 0 atom stereocenters. The van der Waals surface area contributed by atoms with E-state index in [1.165, 1.54) is 0 Å². The van der Waals surface area contributed by atoms with Crippen molar-refractivity contribution in [3.63, 3.8) is 0 Å². The lowest BCUT2D eigenvalue weighted by Gasteiger charge is -2.23. The van der Waals surface area contributed by atoms with E-state index in [0.29, 0.717) is 47.1 Å². The first-order valence-electron chi connectivity index (χ1n) is 10.7. The minimum absolute atomic E-state index is 0.0310. The summed E-state index contributed by atoms with van der Waals surface area (Å²) in [5.74, 6) is 1.37. The fourth-order valence-electron chi connectivity index (χ4n) is 3.64. The molecule has 2 heterocycles. The minimum Gasteiger partial charge on any atom is -0.493 e. The molecule has 1 saturated carbocycles. The highest BCUT2D eigenvalue weighted by Crippen LogP contribution is 2.31. The van der Waals surface area contributed by atoms with E-state index >= 15 is 0 Å². The summed E-state index contributed by atoms with van der Waals surface area (Å²) >= 11 is 0. The number of anilines is 1. The fourth-order valence-corrected chi connectivity index (χ4v) is 3.64. The van der Waals surface area contributed by atoms with E-state index in [0.717, 1.165) is 31.5 Å². The second-order valence-electron chi connectivity index (χ2n) is 7.72. The Hall–Kier alpha value is -3.36. The lowest BCUT2D eigenvalue weighted by Crippen LogP contribution is -2.26. The molecule has 2 N–H and O–H groups in total. The molecule has 9 heteroatoms. The summed E-state index contributed by atoms with van der Waals surface area (Å²) in [4.78, 5) is 37.4. The van der Waals surface area contributed by atoms with Crippen molar-refractivity contribution in [1.82, 2.24) is 19.6 Å². The van der Waals surface area contributed by atoms with Crippen molar-refractivity contribution in [2.24, 2.45) is 5.92 Å². The average Bonchev–Trinajstić information content (AvgIpc) is 3.02. The minimum atomic E-state index is -0.269. The van der Waals surface area contributed by atoms with Gasteiger partial charge in [0.15, 0.2) is 11.3 Å². The predicted molar refractivity (Wildman–Crippen MR) is 116 cm³/mol. The molecule has 31 heavy (non-hydrogen) atoms. The van der Waals surface area contributed by atoms with Crippen LogP contribution in [-0.2, 0) is 16.1 Å². The first-order chi connectivity index (χ1) is 15.0. The van der Waals surface area contributed by atoms with E-state index in [2.05, 4.69) is 27.5 Å². The van der Waals surface area contributed by atoms with Gasteiger partial charge in [0.05, 0.1) is 29.5 Å². The van der Waals surface area contributed by atoms with Gasteiger partial charge >= 0.3 is 5.97 Å². The molecular weight excluding hydrogens is 398 g/mol. The van der Waals surface area contributed by atoms with Gasteiger partial charge in [-0.1, -0.05) is 13.3 Å². The zero-order valence-corrected chi connectivity index (χ0v) is 18.0. The maximum Gasteiger partial charge on any atom is 0.335 e. The molecule has 4 rings (SSSR count). The van der Waals surface area contributed by atoms with Crippen LogP contribution in [0.3, 0.4) is 0 Å². The molecular formula is C22H27N5O4. The topological polar surface area (TPSA) is 111 Å². The molecule has 1 aromatic carbocycles. The molecule has 2 aromatic heterocycles. The normalized spacial score (nSPS) is 13.8. The van der Waals surface area contributed by atoms with Crippen LogP contribution in [0.15, 0.2) is 23.0 Å². The molecule has 3 aromatic rings. The van der Waals surface area contributed by atoms with Crippen LogP contribution in [0.25, 0.3) is 16.9 Å². The average molecular weight is 425 g/mol. The SMILES string of the molecule is CCCc1nc(C)c2c(=O)[nH]c(-c3cc(NOC(=O)C4CCC4)ccc3OCC)nn12. The Balaban J connectivity index is 1.72. The lowest BCUT2D eigenvalue weighted by atomic mass is 9.86. The number of hydrogen-bond acceptors (Lipinski definition) is 7. The van der Waals surface area contributed by atoms with Gasteiger partial charge in [-0.2, -0.15) is 0 Å². The van der Waals surface area contributed by atoms with Crippen molar-refractivity contribution in [3.8, 4) is 17.1 Å². The van der Waals surface area contributed by atoms with Crippen molar-refractivity contribution in [3.05, 3.63) is 40.1 Å². The number of hydrogen-bond donors (Lipinski definition) is 2. The zero-order valence-electron chi connectivity index (χ0n) is 18.0. The Morgan fingerprint density at radius 1 is 1.32 bits per heavy atom. The molecule has 164 valence electrons. The molecule has 0 aliphatic heterocycles. The summed E-state index contributed by atoms with van der Waals surface area (Å²) in [5, 5.41) is 4.66. The smallest absolute Gasteiger partial charge is 0.335 e. The second-order valence-corrected chi connectivity index (χ2v) is 7.72. The number of carbonyl (C=O) groups is 1. The number of ether oxygens (including phenoxy) is 1. The monoisotopic (exact) mass is 425 g/mol. The first-order valence-corrected chi connectivity index (χ1v) is 10.7. The highest BCUT2D eigenvalue weighted by molar-refractivity contribution is 5.75. The molecule has 0 amide bonds. The Kier molecular flexibility index (Phi) is 5.92. The standard InChI is InChI=1S/C22H27N5O4/c1-4-7-18-23-13(3)19-21(28)24-20(25-27(18)19)16-12-15(10-11-17(16)30-5-2)26-31-22(29)14-8-6-9-14/h10-12,14,26H,4-9H2,1-3H3,(H,24,25,28). The third-order valence-electron chi connectivity index (χ3n) is 5.46. The maximum absolute atomic E-state index is 12.8. The predicted octanol–water partition coefficient (Wildman–Crippen LogP) is 3.41. The number of H-pyrrole nitrogens is 1. The van der Waals surface area contributed by atoms with Gasteiger partial charge in [0.1, 0.15) is 11.6 Å². The zero-order chi connectivity index (χ0) is 22.0. The number of aryl methyl sites for hydroxylation is 2. The molecule has 0 saturated heterocycles. The molecule has 0 radical (unpaired) electrons. The number of aromatic amines is 1. The molecule has 0 spiro atoms. The quantitative estimate of drug-likeness (QED) is 0.532. The van der Waals surface area contributed by atoms with Crippen molar-refractivity contribution in [1.29, 1.82) is 0 Å². The number of carbonyl (C=O) groups excluding carboxylic acids is 1. The second kappa shape index (κ2) is 8.79. The summed E-state index contributed by atoms with van der Waals surface area (Å²) < 4.78 is 7.36. The summed E-state index contributed by atoms with van der Waals surface area (Å²) in [7, 11) is 0. The number of imidazole rings is 1. The van der Waals surface area contributed by atoms with Crippen LogP contribution < -0.4 is 15.8 Å². The Labute approximate surface area is 179 Å². The number of rotatable bonds is 8. The fraction of sp³-hybridized carbons (Fsp3) is 0.455. The van der Waals surface area contributed by atoms with Gasteiger partial charge in [-0.15, -0.1) is 5.10 Å². The van der Waals surface area contributed by atoms with Crippen LogP contribution in [0.5, 0.6) is 5.75 Å². The van der Waals surface area contributed by atoms with Gasteiger partial charge in [0.2, 0.25) is 0 Å². The van der Waals surface area contributed by atoms with Gasteiger partial charge < -0.3 is 14.6 Å². The summed E-state index contributed by atoms with van der Waals surface area (Å²) in [6, 6.07) is 5.25. The van der Waals surface area contributed by atoms with Crippen LogP contribution in [0.4, 0.5) is 5.69 Å². The van der Waals surface area contributed by atoms with Crippen LogP contribution in [0.2, 0.25) is 0 Å². The van der Waals surface area contributed by atoms with Gasteiger partial charge in [-0.05, 0) is 51.3 Å². The molecule has 1 aliphatic carbocycles. The number of fused-ring (bicyclic) bond motifs is 1. The highest BCUT2D eigenvalue weighted by Gasteiger charge is 2.27. The van der Waals surface area contributed by atoms with Gasteiger partial charge in [0.25, 0.3) is 5.56 Å². The Morgan fingerprint density at radius 3 is 2.81 bits per heavy atom. The summed E-state index contributed by atoms with van der Waals surface area (Å²) in [5.41, 5.74) is 4.67. The molecule has 1 aliphatic rings. The van der Waals surface area contributed by atoms with E-state index in [-0.39, 0.29) is 17.4 Å². The van der Waals surface area contributed by atoms with Gasteiger partial charge in [-0.3, -0.25) is 4.79 Å². The van der Waals surface area contributed by atoms with Crippen LogP contribution in [-0.4, -0.2) is 32.2 Å². The Bertz CT molecular complexity index is 1160. The molecule has 0 bridgehead atoms. The number of nitrogens with zero attached hydrogens (tertiary/aromatic N) is 3. The third kappa shape index (κ3) is 4.12. The summed E-state index contributed by atoms with van der Waals surface area (Å²) in [6.45, 7) is 6.19. The van der Waals surface area contributed by atoms with Gasteiger partial charge in [0, 0.05) is 6.42 Å². The van der Waals surface area contributed by atoms with Crippen LogP contribution >= 0.6 is 0 Å². The van der Waals surface area contributed by atoms with E-state index in [1.54, 1.807) is 29.6 Å². The summed E-state index contributed by atoms with van der Waals surface area (Å²) in [6.07, 6.45) is 4.39. The van der Waals surface area contributed by atoms with Crippen LogP contribution in [0, 0.1) is 12.8 Å². The highest BCUT2D eigenvalue weighted by atomic mass is 16.7. The molecule has 9 nitrogen and oxygen atoms in total.